The van der Waals surface area contributed by atoms with Crippen LogP contribution < -0.4 is 5.32 Å². The minimum absolute atomic E-state index is 0.111. The van der Waals surface area contributed by atoms with Crippen molar-refractivity contribution >= 4 is 11.9 Å². The topological polar surface area (TPSA) is 66.4 Å². The standard InChI is InChI=1S/C17H23NO3/c1-4-13(14-8-6-5-7-9-14)11-16(19)18-15(17(20)21)10-12(2)3/h4-9,12-13,15H,1,10-11H2,2-3H3,(H,18,19)(H,20,21)/t13?,15-/m0/s1. The summed E-state index contributed by atoms with van der Waals surface area (Å²) in [5.41, 5.74) is 0.999. The highest BCUT2D eigenvalue weighted by molar-refractivity contribution is 5.84. The Morgan fingerprint density at radius 1 is 1.29 bits per heavy atom. The number of allylic oxidation sites excluding steroid dienone is 1. The molecule has 114 valence electrons. The zero-order chi connectivity index (χ0) is 15.8. The number of carbonyl (C=O) groups excluding carboxylic acids is 1. The third-order valence-corrected chi connectivity index (χ3v) is 3.26. The second kappa shape index (κ2) is 8.25. The molecule has 21 heavy (non-hydrogen) atoms. The van der Waals surface area contributed by atoms with E-state index < -0.39 is 12.0 Å². The third-order valence-electron chi connectivity index (χ3n) is 3.26. The molecule has 0 aliphatic carbocycles. The predicted octanol–water partition coefficient (Wildman–Crippen LogP) is 2.96. The lowest BCUT2D eigenvalue weighted by atomic mass is 9.95. The molecule has 0 saturated carbocycles. The Morgan fingerprint density at radius 3 is 2.38 bits per heavy atom. The van der Waals surface area contributed by atoms with E-state index in [1.54, 1.807) is 6.08 Å². The normalized spacial score (nSPS) is 13.5. The fraction of sp³-hybridized carbons (Fsp3) is 0.412. The van der Waals surface area contributed by atoms with Crippen molar-refractivity contribution in [2.24, 2.45) is 5.92 Å². The maximum Gasteiger partial charge on any atom is 0.326 e. The van der Waals surface area contributed by atoms with Crippen LogP contribution in [-0.4, -0.2) is 23.0 Å². The number of hydrogen-bond acceptors (Lipinski definition) is 2. The molecule has 0 radical (unpaired) electrons. The molecule has 0 fully saturated rings. The van der Waals surface area contributed by atoms with Crippen molar-refractivity contribution in [3.8, 4) is 0 Å². The number of hydrogen-bond donors (Lipinski definition) is 2. The number of benzene rings is 1. The fourth-order valence-corrected chi connectivity index (χ4v) is 2.18. The number of rotatable bonds is 8. The number of amides is 1. The van der Waals surface area contributed by atoms with Gasteiger partial charge in [0.25, 0.3) is 0 Å². The molecule has 2 N–H and O–H groups in total. The van der Waals surface area contributed by atoms with Crippen molar-refractivity contribution < 1.29 is 14.7 Å². The van der Waals surface area contributed by atoms with E-state index in [9.17, 15) is 9.59 Å². The zero-order valence-electron chi connectivity index (χ0n) is 12.6. The summed E-state index contributed by atoms with van der Waals surface area (Å²) >= 11 is 0. The Balaban J connectivity index is 2.66. The van der Waals surface area contributed by atoms with Crippen LogP contribution in [0, 0.1) is 5.92 Å². The monoisotopic (exact) mass is 289 g/mol. The van der Waals surface area contributed by atoms with Gasteiger partial charge in [0.1, 0.15) is 6.04 Å². The summed E-state index contributed by atoms with van der Waals surface area (Å²) in [6.45, 7) is 7.62. The lowest BCUT2D eigenvalue weighted by Gasteiger charge is -2.18. The van der Waals surface area contributed by atoms with E-state index in [-0.39, 0.29) is 24.2 Å². The highest BCUT2D eigenvalue weighted by atomic mass is 16.4. The lowest BCUT2D eigenvalue weighted by molar-refractivity contribution is -0.142. The Labute approximate surface area is 125 Å². The van der Waals surface area contributed by atoms with Crippen LogP contribution in [0.1, 0.15) is 38.2 Å². The molecule has 0 aliphatic heterocycles. The van der Waals surface area contributed by atoms with E-state index in [0.29, 0.717) is 6.42 Å². The molecule has 1 amide bonds. The van der Waals surface area contributed by atoms with Gasteiger partial charge < -0.3 is 10.4 Å². The van der Waals surface area contributed by atoms with Gasteiger partial charge in [0, 0.05) is 12.3 Å². The Morgan fingerprint density at radius 2 is 1.90 bits per heavy atom. The van der Waals surface area contributed by atoms with E-state index >= 15 is 0 Å². The minimum Gasteiger partial charge on any atom is -0.480 e. The van der Waals surface area contributed by atoms with E-state index in [0.717, 1.165) is 5.56 Å². The van der Waals surface area contributed by atoms with Crippen LogP contribution in [0.3, 0.4) is 0 Å². The second-order valence-corrected chi connectivity index (χ2v) is 5.54. The highest BCUT2D eigenvalue weighted by Gasteiger charge is 2.22. The van der Waals surface area contributed by atoms with Gasteiger partial charge in [-0.2, -0.15) is 0 Å². The molecule has 4 nitrogen and oxygen atoms in total. The zero-order valence-corrected chi connectivity index (χ0v) is 12.6. The second-order valence-electron chi connectivity index (χ2n) is 5.54. The summed E-state index contributed by atoms with van der Waals surface area (Å²) in [5, 5.41) is 11.7. The van der Waals surface area contributed by atoms with Crippen LogP contribution in [0.25, 0.3) is 0 Å². The molecule has 2 atom stereocenters. The van der Waals surface area contributed by atoms with Gasteiger partial charge in [-0.05, 0) is 17.9 Å². The molecule has 0 heterocycles. The number of nitrogens with one attached hydrogen (secondary N) is 1. The van der Waals surface area contributed by atoms with Gasteiger partial charge in [0.2, 0.25) is 5.91 Å². The van der Waals surface area contributed by atoms with Gasteiger partial charge in [0.05, 0.1) is 0 Å². The van der Waals surface area contributed by atoms with Crippen LogP contribution in [0.15, 0.2) is 43.0 Å². The van der Waals surface area contributed by atoms with Crippen molar-refractivity contribution in [2.75, 3.05) is 0 Å². The average Bonchev–Trinajstić information content (AvgIpc) is 2.44. The molecular weight excluding hydrogens is 266 g/mol. The van der Waals surface area contributed by atoms with Crippen LogP contribution in [0.2, 0.25) is 0 Å². The van der Waals surface area contributed by atoms with E-state index in [4.69, 9.17) is 5.11 Å². The molecule has 0 spiro atoms. The van der Waals surface area contributed by atoms with E-state index in [1.807, 2.05) is 44.2 Å². The fourth-order valence-electron chi connectivity index (χ4n) is 2.18. The van der Waals surface area contributed by atoms with Crippen LogP contribution in [0.4, 0.5) is 0 Å². The van der Waals surface area contributed by atoms with Gasteiger partial charge >= 0.3 is 5.97 Å². The van der Waals surface area contributed by atoms with Gasteiger partial charge in [-0.15, -0.1) is 6.58 Å². The summed E-state index contributed by atoms with van der Waals surface area (Å²) in [6, 6.07) is 8.75. The maximum atomic E-state index is 12.1. The Hall–Kier alpha value is -2.10. The van der Waals surface area contributed by atoms with Gasteiger partial charge in [0.15, 0.2) is 0 Å². The van der Waals surface area contributed by atoms with Crippen LogP contribution in [0.5, 0.6) is 0 Å². The van der Waals surface area contributed by atoms with Gasteiger partial charge in [-0.25, -0.2) is 4.79 Å². The molecule has 0 aliphatic rings. The lowest BCUT2D eigenvalue weighted by Crippen LogP contribution is -2.42. The first-order valence-electron chi connectivity index (χ1n) is 7.13. The molecular formula is C17H23NO3. The summed E-state index contributed by atoms with van der Waals surface area (Å²) < 4.78 is 0. The summed E-state index contributed by atoms with van der Waals surface area (Å²) in [4.78, 5) is 23.2. The third kappa shape index (κ3) is 5.81. The van der Waals surface area contributed by atoms with Gasteiger partial charge in [-0.1, -0.05) is 50.3 Å². The number of carboxylic acids is 1. The first-order chi connectivity index (χ1) is 9.93. The van der Waals surface area contributed by atoms with Crippen molar-refractivity contribution in [1.29, 1.82) is 0 Å². The Kier molecular flexibility index (Phi) is 6.66. The largest absolute Gasteiger partial charge is 0.480 e. The van der Waals surface area contributed by atoms with Gasteiger partial charge in [-0.3, -0.25) is 4.79 Å². The van der Waals surface area contributed by atoms with Crippen molar-refractivity contribution in [1.82, 2.24) is 5.32 Å². The Bertz CT molecular complexity index is 482. The van der Waals surface area contributed by atoms with Crippen molar-refractivity contribution in [2.45, 2.75) is 38.6 Å². The summed E-state index contributed by atoms with van der Waals surface area (Å²) in [5.74, 6) is -1.17. The molecule has 0 bridgehead atoms. The molecule has 0 aromatic heterocycles. The summed E-state index contributed by atoms with van der Waals surface area (Å²) in [7, 11) is 0. The quantitative estimate of drug-likeness (QED) is 0.723. The predicted molar refractivity (Wildman–Crippen MR) is 83.0 cm³/mol. The molecule has 1 aromatic rings. The van der Waals surface area contributed by atoms with E-state index in [2.05, 4.69) is 11.9 Å². The smallest absolute Gasteiger partial charge is 0.326 e. The van der Waals surface area contributed by atoms with Crippen LogP contribution in [-0.2, 0) is 9.59 Å². The first kappa shape index (κ1) is 17.0. The first-order valence-corrected chi connectivity index (χ1v) is 7.13. The van der Waals surface area contributed by atoms with Crippen LogP contribution >= 0.6 is 0 Å². The molecule has 4 heteroatoms. The molecule has 1 unspecified atom stereocenters. The SMILES string of the molecule is C=CC(CC(=O)N[C@@H](CC(C)C)C(=O)O)c1ccccc1. The molecule has 1 aromatic carbocycles. The number of aliphatic carboxylic acids is 1. The average molecular weight is 289 g/mol. The van der Waals surface area contributed by atoms with Crippen molar-refractivity contribution in [3.05, 3.63) is 48.6 Å². The molecule has 1 rings (SSSR count). The maximum absolute atomic E-state index is 12.1. The highest BCUT2D eigenvalue weighted by Crippen LogP contribution is 2.20. The number of carbonyl (C=O) groups is 2. The summed E-state index contributed by atoms with van der Waals surface area (Å²) in [6.07, 6.45) is 2.34. The molecule has 0 saturated heterocycles. The number of carboxylic acid groups (broad SMARTS) is 1. The minimum atomic E-state index is -0.994. The van der Waals surface area contributed by atoms with E-state index in [1.165, 1.54) is 0 Å². The van der Waals surface area contributed by atoms with Crippen molar-refractivity contribution in [3.63, 3.8) is 0 Å².